The van der Waals surface area contributed by atoms with Crippen molar-refractivity contribution in [3.05, 3.63) is 46.5 Å². The van der Waals surface area contributed by atoms with E-state index < -0.39 is 0 Å². The minimum atomic E-state index is -0.349. The van der Waals surface area contributed by atoms with E-state index in [4.69, 9.17) is 10.5 Å². The zero-order valence-corrected chi connectivity index (χ0v) is 10.9. The second-order valence-electron chi connectivity index (χ2n) is 3.71. The third-order valence-electron chi connectivity index (χ3n) is 2.39. The number of carbonyl (C=O) groups is 1. The summed E-state index contributed by atoms with van der Waals surface area (Å²) >= 11 is 1.17. The fourth-order valence-electron chi connectivity index (χ4n) is 1.64. The number of hydrogen-bond acceptors (Lipinski definition) is 5. The predicted molar refractivity (Wildman–Crippen MR) is 71.7 cm³/mol. The van der Waals surface area contributed by atoms with Crippen LogP contribution in [0.1, 0.15) is 27.9 Å². The van der Waals surface area contributed by atoms with Gasteiger partial charge in [-0.1, -0.05) is 41.7 Å². The molecule has 0 aliphatic rings. The number of hydrogen-bond donors (Lipinski definition) is 1. The van der Waals surface area contributed by atoms with E-state index >= 15 is 0 Å². The molecule has 1 aromatic heterocycles. The molecule has 0 saturated heterocycles. The van der Waals surface area contributed by atoms with Crippen LogP contribution in [0.4, 0.5) is 5.13 Å². The van der Waals surface area contributed by atoms with E-state index in [0.717, 1.165) is 5.56 Å². The molecule has 0 aliphatic heterocycles. The van der Waals surface area contributed by atoms with Crippen molar-refractivity contribution < 1.29 is 9.53 Å². The van der Waals surface area contributed by atoms with Gasteiger partial charge in [0.25, 0.3) is 0 Å². The van der Waals surface area contributed by atoms with Crippen molar-refractivity contribution in [3.63, 3.8) is 0 Å². The molecule has 0 atom stereocenters. The van der Waals surface area contributed by atoms with Gasteiger partial charge in [0.05, 0.1) is 12.3 Å². The Kier molecular flexibility index (Phi) is 3.94. The average molecular weight is 262 g/mol. The highest BCUT2D eigenvalue weighted by Crippen LogP contribution is 2.23. The Morgan fingerprint density at radius 3 is 2.78 bits per heavy atom. The summed E-state index contributed by atoms with van der Waals surface area (Å²) in [5, 5.41) is 0.393. The van der Waals surface area contributed by atoms with Crippen molar-refractivity contribution in [1.82, 2.24) is 4.98 Å². The second kappa shape index (κ2) is 5.64. The minimum Gasteiger partial charge on any atom is -0.462 e. The van der Waals surface area contributed by atoms with Crippen LogP contribution in [0.3, 0.4) is 0 Å². The first-order valence-corrected chi connectivity index (χ1v) is 6.48. The van der Waals surface area contributed by atoms with E-state index in [-0.39, 0.29) is 5.97 Å². The van der Waals surface area contributed by atoms with Crippen molar-refractivity contribution in [2.24, 2.45) is 0 Å². The average Bonchev–Trinajstić information content (AvgIpc) is 2.72. The second-order valence-corrected chi connectivity index (χ2v) is 4.74. The van der Waals surface area contributed by atoms with E-state index in [1.807, 2.05) is 30.3 Å². The number of aromatic nitrogens is 1. The number of thiazole rings is 1. The topological polar surface area (TPSA) is 65.2 Å². The summed E-state index contributed by atoms with van der Waals surface area (Å²) in [5.41, 5.74) is 7.44. The Morgan fingerprint density at radius 1 is 1.39 bits per heavy atom. The molecular formula is C13H14N2O2S. The number of nitrogen functional groups attached to an aromatic ring is 1. The molecule has 0 fully saturated rings. The molecule has 18 heavy (non-hydrogen) atoms. The number of ether oxygens (including phenoxy) is 1. The fraction of sp³-hybridized carbons (Fsp3) is 0.231. The number of benzene rings is 1. The summed E-state index contributed by atoms with van der Waals surface area (Å²) in [6.07, 6.45) is 0.586. The van der Waals surface area contributed by atoms with E-state index in [9.17, 15) is 4.79 Å². The Hall–Kier alpha value is -1.88. The number of carbonyl (C=O) groups excluding carboxylic acids is 1. The van der Waals surface area contributed by atoms with Crippen LogP contribution >= 0.6 is 11.3 Å². The lowest BCUT2D eigenvalue weighted by Gasteiger charge is -2.02. The molecule has 0 radical (unpaired) electrons. The van der Waals surface area contributed by atoms with Crippen molar-refractivity contribution in [2.45, 2.75) is 13.3 Å². The van der Waals surface area contributed by atoms with E-state index in [2.05, 4.69) is 4.98 Å². The van der Waals surface area contributed by atoms with Crippen molar-refractivity contribution >= 4 is 22.4 Å². The third kappa shape index (κ3) is 2.87. The van der Waals surface area contributed by atoms with Crippen LogP contribution in [-0.4, -0.2) is 17.6 Å². The van der Waals surface area contributed by atoms with Gasteiger partial charge in [-0.15, -0.1) is 0 Å². The van der Waals surface area contributed by atoms with E-state index in [0.29, 0.717) is 28.7 Å². The van der Waals surface area contributed by atoms with Gasteiger partial charge in [0, 0.05) is 6.42 Å². The summed E-state index contributed by atoms with van der Waals surface area (Å²) < 4.78 is 5.00. The molecule has 0 spiro atoms. The van der Waals surface area contributed by atoms with Crippen LogP contribution in [0.25, 0.3) is 0 Å². The van der Waals surface area contributed by atoms with Crippen LogP contribution in [0.15, 0.2) is 30.3 Å². The molecule has 2 aromatic rings. The first-order chi connectivity index (χ1) is 8.70. The zero-order chi connectivity index (χ0) is 13.0. The maximum atomic E-state index is 11.8. The molecule has 0 amide bonds. The largest absolute Gasteiger partial charge is 0.462 e. The highest BCUT2D eigenvalue weighted by Gasteiger charge is 2.18. The fourth-order valence-corrected chi connectivity index (χ4v) is 2.38. The normalized spacial score (nSPS) is 10.3. The zero-order valence-electron chi connectivity index (χ0n) is 10.1. The predicted octanol–water partition coefficient (Wildman–Crippen LogP) is 2.49. The van der Waals surface area contributed by atoms with Gasteiger partial charge in [-0.2, -0.15) is 0 Å². The Labute approximate surface area is 109 Å². The third-order valence-corrected chi connectivity index (χ3v) is 3.30. The van der Waals surface area contributed by atoms with Crippen LogP contribution in [-0.2, 0) is 11.2 Å². The molecule has 0 saturated carbocycles. The minimum absolute atomic E-state index is 0.349. The van der Waals surface area contributed by atoms with Crippen molar-refractivity contribution in [2.75, 3.05) is 12.3 Å². The molecule has 1 aromatic carbocycles. The maximum Gasteiger partial charge on any atom is 0.350 e. The van der Waals surface area contributed by atoms with Gasteiger partial charge in [-0.05, 0) is 12.5 Å². The maximum absolute atomic E-state index is 11.8. The first-order valence-electron chi connectivity index (χ1n) is 5.67. The summed E-state index contributed by atoms with van der Waals surface area (Å²) in [4.78, 5) is 16.5. The lowest BCUT2D eigenvalue weighted by molar-refractivity contribution is 0.0530. The molecule has 4 nitrogen and oxygen atoms in total. The molecular weight excluding hydrogens is 248 g/mol. The molecule has 2 rings (SSSR count). The standard InChI is InChI=1S/C13H14N2O2S/c1-2-17-12(16)11-10(15-13(14)18-11)8-9-6-4-3-5-7-9/h3-7H,2,8H2,1H3,(H2,14,15). The number of nitrogens with zero attached hydrogens (tertiary/aromatic N) is 1. The smallest absolute Gasteiger partial charge is 0.350 e. The first kappa shape index (κ1) is 12.6. The van der Waals surface area contributed by atoms with Crippen LogP contribution in [0.2, 0.25) is 0 Å². The van der Waals surface area contributed by atoms with Gasteiger partial charge in [-0.25, -0.2) is 9.78 Å². The SMILES string of the molecule is CCOC(=O)c1sc(N)nc1Cc1ccccc1. The lowest BCUT2D eigenvalue weighted by atomic mass is 10.1. The van der Waals surface area contributed by atoms with E-state index in [1.54, 1.807) is 6.92 Å². The number of rotatable bonds is 4. The lowest BCUT2D eigenvalue weighted by Crippen LogP contribution is -2.06. The van der Waals surface area contributed by atoms with Gasteiger partial charge < -0.3 is 10.5 Å². The van der Waals surface area contributed by atoms with Gasteiger partial charge in [0.15, 0.2) is 5.13 Å². The van der Waals surface area contributed by atoms with Gasteiger partial charge in [0.2, 0.25) is 0 Å². The van der Waals surface area contributed by atoms with Crippen molar-refractivity contribution in [3.8, 4) is 0 Å². The molecule has 0 bridgehead atoms. The van der Waals surface area contributed by atoms with Crippen LogP contribution < -0.4 is 5.73 Å². The summed E-state index contributed by atoms with van der Waals surface area (Å²) in [5.74, 6) is -0.349. The molecule has 1 heterocycles. The number of esters is 1. The van der Waals surface area contributed by atoms with Crippen LogP contribution in [0, 0.1) is 0 Å². The summed E-state index contributed by atoms with van der Waals surface area (Å²) in [7, 11) is 0. The summed E-state index contributed by atoms with van der Waals surface area (Å²) in [6, 6.07) is 9.84. The molecule has 0 unspecified atom stereocenters. The molecule has 5 heteroatoms. The quantitative estimate of drug-likeness (QED) is 0.860. The van der Waals surface area contributed by atoms with Crippen molar-refractivity contribution in [1.29, 1.82) is 0 Å². The monoisotopic (exact) mass is 262 g/mol. The Morgan fingerprint density at radius 2 is 2.11 bits per heavy atom. The molecule has 94 valence electrons. The molecule has 0 aliphatic carbocycles. The van der Waals surface area contributed by atoms with E-state index in [1.165, 1.54) is 11.3 Å². The Balaban J connectivity index is 2.25. The summed E-state index contributed by atoms with van der Waals surface area (Å²) in [6.45, 7) is 2.13. The highest BCUT2D eigenvalue weighted by atomic mass is 32.1. The Bertz CT molecular complexity index is 537. The molecule has 2 N–H and O–H groups in total. The van der Waals surface area contributed by atoms with Crippen LogP contribution in [0.5, 0.6) is 0 Å². The van der Waals surface area contributed by atoms with Gasteiger partial charge in [0.1, 0.15) is 4.88 Å². The highest BCUT2D eigenvalue weighted by molar-refractivity contribution is 7.17. The van der Waals surface area contributed by atoms with Gasteiger partial charge in [-0.3, -0.25) is 0 Å². The number of nitrogens with two attached hydrogens (primary N) is 1. The number of anilines is 1. The van der Waals surface area contributed by atoms with Gasteiger partial charge >= 0.3 is 5.97 Å².